The molecule has 1 amide bonds. The number of aliphatic carboxylic acids is 1. The van der Waals surface area contributed by atoms with Crippen molar-refractivity contribution in [3.63, 3.8) is 0 Å². The molecule has 1 aliphatic heterocycles. The van der Waals surface area contributed by atoms with E-state index in [9.17, 15) is 9.59 Å². The Hall–Kier alpha value is -1.10. The van der Waals surface area contributed by atoms with Gasteiger partial charge in [0.1, 0.15) is 0 Å². The van der Waals surface area contributed by atoms with Gasteiger partial charge in [-0.1, -0.05) is 0 Å². The van der Waals surface area contributed by atoms with Crippen LogP contribution in [-0.4, -0.2) is 60.5 Å². The molecular weight excluding hydrogens is 208 g/mol. The molecule has 0 bridgehead atoms. The van der Waals surface area contributed by atoms with Gasteiger partial charge in [0.05, 0.1) is 12.0 Å². The van der Waals surface area contributed by atoms with Gasteiger partial charge in [-0.15, -0.1) is 0 Å². The van der Waals surface area contributed by atoms with Gasteiger partial charge in [-0.25, -0.2) is 0 Å². The van der Waals surface area contributed by atoms with Crippen molar-refractivity contribution in [2.45, 2.75) is 19.8 Å². The monoisotopic (exact) mass is 228 g/mol. The Morgan fingerprint density at radius 3 is 2.19 bits per heavy atom. The summed E-state index contributed by atoms with van der Waals surface area (Å²) in [7, 11) is 3.46. The number of piperidine rings is 1. The number of carboxylic acids is 1. The van der Waals surface area contributed by atoms with Crippen LogP contribution in [0.4, 0.5) is 0 Å². The third kappa shape index (κ3) is 2.95. The van der Waals surface area contributed by atoms with Crippen molar-refractivity contribution in [3.05, 3.63) is 0 Å². The van der Waals surface area contributed by atoms with Crippen molar-refractivity contribution in [2.24, 2.45) is 5.41 Å². The Bertz CT molecular complexity index is 281. The fraction of sp³-hybridized carbons (Fsp3) is 0.818. The molecule has 1 heterocycles. The molecule has 1 rings (SSSR count). The van der Waals surface area contributed by atoms with Crippen LogP contribution in [0, 0.1) is 5.41 Å². The highest BCUT2D eigenvalue weighted by molar-refractivity contribution is 5.78. The number of likely N-dealkylation sites (N-methyl/N-ethyl adjacent to an activating group) is 1. The van der Waals surface area contributed by atoms with Crippen LogP contribution in [0.3, 0.4) is 0 Å². The fourth-order valence-corrected chi connectivity index (χ4v) is 1.75. The number of likely N-dealkylation sites (tertiary alicyclic amines) is 1. The molecule has 5 heteroatoms. The van der Waals surface area contributed by atoms with Gasteiger partial charge in [0.25, 0.3) is 0 Å². The molecule has 0 saturated carbocycles. The average molecular weight is 228 g/mol. The van der Waals surface area contributed by atoms with Crippen LogP contribution in [0.2, 0.25) is 0 Å². The van der Waals surface area contributed by atoms with Gasteiger partial charge in [-0.3, -0.25) is 14.5 Å². The lowest BCUT2D eigenvalue weighted by molar-refractivity contribution is -0.150. The Morgan fingerprint density at radius 1 is 1.31 bits per heavy atom. The number of nitrogens with zero attached hydrogens (tertiary/aromatic N) is 2. The van der Waals surface area contributed by atoms with Crippen LogP contribution in [0.15, 0.2) is 0 Å². The summed E-state index contributed by atoms with van der Waals surface area (Å²) >= 11 is 0. The minimum Gasteiger partial charge on any atom is -0.481 e. The Balaban J connectivity index is 2.44. The number of carbonyl (C=O) groups is 2. The van der Waals surface area contributed by atoms with E-state index in [0.29, 0.717) is 32.5 Å². The molecule has 0 aromatic carbocycles. The van der Waals surface area contributed by atoms with Crippen LogP contribution < -0.4 is 0 Å². The maximum absolute atomic E-state index is 11.5. The summed E-state index contributed by atoms with van der Waals surface area (Å²) in [5, 5.41) is 9.06. The van der Waals surface area contributed by atoms with Gasteiger partial charge >= 0.3 is 5.97 Å². The van der Waals surface area contributed by atoms with Crippen molar-refractivity contribution in [1.29, 1.82) is 0 Å². The first kappa shape index (κ1) is 13.0. The molecule has 1 fully saturated rings. The van der Waals surface area contributed by atoms with Crippen molar-refractivity contribution >= 4 is 11.9 Å². The lowest BCUT2D eigenvalue weighted by Crippen LogP contribution is -2.46. The molecule has 1 aliphatic rings. The van der Waals surface area contributed by atoms with E-state index < -0.39 is 11.4 Å². The Labute approximate surface area is 96.0 Å². The highest BCUT2D eigenvalue weighted by Crippen LogP contribution is 2.30. The van der Waals surface area contributed by atoms with Crippen molar-refractivity contribution < 1.29 is 14.7 Å². The molecule has 92 valence electrons. The lowest BCUT2D eigenvalue weighted by Gasteiger charge is -2.36. The quantitative estimate of drug-likeness (QED) is 0.752. The minimum absolute atomic E-state index is 0.0685. The summed E-state index contributed by atoms with van der Waals surface area (Å²) in [5.41, 5.74) is -0.613. The average Bonchev–Trinajstić information content (AvgIpc) is 2.21. The zero-order chi connectivity index (χ0) is 12.3. The topological polar surface area (TPSA) is 60.9 Å². The summed E-state index contributed by atoms with van der Waals surface area (Å²) < 4.78 is 0. The van der Waals surface area contributed by atoms with Crippen LogP contribution in [0.25, 0.3) is 0 Å². The Kier molecular flexibility index (Phi) is 3.91. The third-order valence-corrected chi connectivity index (χ3v) is 3.33. The zero-order valence-electron chi connectivity index (χ0n) is 10.2. The van der Waals surface area contributed by atoms with Crippen LogP contribution >= 0.6 is 0 Å². The van der Waals surface area contributed by atoms with E-state index in [2.05, 4.69) is 0 Å². The first-order chi connectivity index (χ1) is 7.35. The van der Waals surface area contributed by atoms with Gasteiger partial charge < -0.3 is 10.0 Å². The Morgan fingerprint density at radius 2 is 1.81 bits per heavy atom. The maximum atomic E-state index is 11.5. The molecule has 0 aromatic rings. The normalized spacial score (nSPS) is 20.4. The summed E-state index contributed by atoms with van der Waals surface area (Å²) in [4.78, 5) is 26.1. The van der Waals surface area contributed by atoms with E-state index >= 15 is 0 Å². The fourth-order valence-electron chi connectivity index (χ4n) is 1.75. The van der Waals surface area contributed by atoms with Crippen LogP contribution in [0.1, 0.15) is 19.8 Å². The summed E-state index contributed by atoms with van der Waals surface area (Å²) in [6.45, 7) is 3.54. The van der Waals surface area contributed by atoms with E-state index in [1.807, 2.05) is 4.90 Å². The van der Waals surface area contributed by atoms with Gasteiger partial charge in [0.15, 0.2) is 0 Å². The largest absolute Gasteiger partial charge is 0.481 e. The molecular formula is C11H20N2O3. The van der Waals surface area contributed by atoms with Gasteiger partial charge in [-0.2, -0.15) is 0 Å². The highest BCUT2D eigenvalue weighted by atomic mass is 16.4. The van der Waals surface area contributed by atoms with Crippen LogP contribution in [-0.2, 0) is 9.59 Å². The number of hydrogen-bond acceptors (Lipinski definition) is 3. The highest BCUT2D eigenvalue weighted by Gasteiger charge is 2.37. The molecule has 1 saturated heterocycles. The summed E-state index contributed by atoms with van der Waals surface area (Å²) in [5.74, 6) is -0.662. The number of hydrogen-bond donors (Lipinski definition) is 1. The van der Waals surface area contributed by atoms with E-state index in [-0.39, 0.29) is 5.91 Å². The molecule has 0 unspecified atom stereocenters. The second-order valence-electron chi connectivity index (χ2n) is 4.93. The molecule has 0 aliphatic carbocycles. The second-order valence-corrected chi connectivity index (χ2v) is 4.93. The molecule has 1 N–H and O–H groups in total. The lowest BCUT2D eigenvalue weighted by atomic mass is 9.80. The van der Waals surface area contributed by atoms with Gasteiger partial charge in [0, 0.05) is 14.1 Å². The van der Waals surface area contributed by atoms with E-state index in [1.165, 1.54) is 0 Å². The van der Waals surface area contributed by atoms with E-state index in [1.54, 1.807) is 25.9 Å². The number of carboxylic acid groups (broad SMARTS) is 1. The van der Waals surface area contributed by atoms with Crippen molar-refractivity contribution in [1.82, 2.24) is 9.80 Å². The standard InChI is InChI=1S/C11H20N2O3/c1-11(10(15)16)4-6-13(7-5-11)8-9(14)12(2)3/h4-8H2,1-3H3,(H,15,16). The summed E-state index contributed by atoms with van der Waals surface area (Å²) in [6.07, 6.45) is 1.23. The minimum atomic E-state index is -0.730. The smallest absolute Gasteiger partial charge is 0.309 e. The first-order valence-electron chi connectivity index (χ1n) is 5.51. The van der Waals surface area contributed by atoms with Gasteiger partial charge in [0.2, 0.25) is 5.91 Å². The van der Waals surface area contributed by atoms with Crippen LogP contribution in [0.5, 0.6) is 0 Å². The van der Waals surface area contributed by atoms with Crippen molar-refractivity contribution in [3.8, 4) is 0 Å². The first-order valence-corrected chi connectivity index (χ1v) is 5.51. The zero-order valence-corrected chi connectivity index (χ0v) is 10.2. The molecule has 5 nitrogen and oxygen atoms in total. The molecule has 0 aromatic heterocycles. The number of carbonyl (C=O) groups excluding carboxylic acids is 1. The van der Waals surface area contributed by atoms with Crippen molar-refractivity contribution in [2.75, 3.05) is 33.7 Å². The second kappa shape index (κ2) is 4.82. The number of rotatable bonds is 3. The molecule has 0 spiro atoms. The third-order valence-electron chi connectivity index (χ3n) is 3.33. The number of amides is 1. The summed E-state index contributed by atoms with van der Waals surface area (Å²) in [6, 6.07) is 0. The van der Waals surface area contributed by atoms with E-state index in [0.717, 1.165) is 0 Å². The van der Waals surface area contributed by atoms with Gasteiger partial charge in [-0.05, 0) is 32.9 Å². The predicted octanol–water partition coefficient (Wildman–Crippen LogP) is 0.261. The molecule has 0 radical (unpaired) electrons. The predicted molar refractivity (Wildman–Crippen MR) is 60.1 cm³/mol. The maximum Gasteiger partial charge on any atom is 0.309 e. The van der Waals surface area contributed by atoms with E-state index in [4.69, 9.17) is 5.11 Å². The molecule has 0 atom stereocenters. The molecule has 16 heavy (non-hydrogen) atoms. The SMILES string of the molecule is CN(C)C(=O)CN1CCC(C)(C(=O)O)CC1.